The fraction of sp³-hybridized carbons (Fsp3) is 0.350. The molecule has 1 aliphatic heterocycles. The normalized spacial score (nSPS) is 13.8. The van der Waals surface area contributed by atoms with Crippen molar-refractivity contribution in [2.24, 2.45) is 0 Å². The summed E-state index contributed by atoms with van der Waals surface area (Å²) in [5, 5.41) is 3.43. The van der Waals surface area contributed by atoms with Crippen molar-refractivity contribution < 1.29 is 8.81 Å². The van der Waals surface area contributed by atoms with Gasteiger partial charge in [0.15, 0.2) is 0 Å². The molecule has 0 bridgehead atoms. The highest BCUT2D eigenvalue weighted by molar-refractivity contribution is 5.62. The van der Waals surface area contributed by atoms with Crippen molar-refractivity contribution in [2.45, 2.75) is 45.8 Å². The lowest BCUT2D eigenvalue weighted by Gasteiger charge is -2.16. The molecule has 2 aromatic heterocycles. The molecular weight excluding hydrogens is 317 g/mol. The van der Waals surface area contributed by atoms with Crippen molar-refractivity contribution in [3.8, 4) is 11.3 Å². The number of aryl methyl sites for hydroxylation is 2. The van der Waals surface area contributed by atoms with Crippen LogP contribution >= 0.6 is 0 Å². The van der Waals surface area contributed by atoms with Crippen molar-refractivity contribution in [1.29, 1.82) is 0 Å². The zero-order valence-electron chi connectivity index (χ0n) is 14.4. The molecule has 3 heterocycles. The van der Waals surface area contributed by atoms with Crippen molar-refractivity contribution in [1.82, 2.24) is 14.9 Å². The van der Waals surface area contributed by atoms with E-state index in [0.717, 1.165) is 42.2 Å². The molecule has 25 heavy (non-hydrogen) atoms. The van der Waals surface area contributed by atoms with Crippen LogP contribution in [0, 0.1) is 12.7 Å². The summed E-state index contributed by atoms with van der Waals surface area (Å²) in [5.74, 6) is 2.63. The molecule has 0 atom stereocenters. The Morgan fingerprint density at radius 3 is 3.00 bits per heavy atom. The number of benzene rings is 1. The van der Waals surface area contributed by atoms with E-state index >= 15 is 0 Å². The third kappa shape index (κ3) is 3.37. The first kappa shape index (κ1) is 16.1. The molecule has 3 aromatic rings. The van der Waals surface area contributed by atoms with Crippen LogP contribution in [0.1, 0.15) is 35.7 Å². The summed E-state index contributed by atoms with van der Waals surface area (Å²) in [7, 11) is 0. The van der Waals surface area contributed by atoms with E-state index in [1.807, 2.05) is 25.3 Å². The van der Waals surface area contributed by atoms with Gasteiger partial charge in [-0.1, -0.05) is 0 Å². The minimum Gasteiger partial charge on any atom is -0.460 e. The van der Waals surface area contributed by atoms with Gasteiger partial charge in [-0.05, 0) is 55.7 Å². The van der Waals surface area contributed by atoms with Crippen molar-refractivity contribution >= 4 is 0 Å². The second kappa shape index (κ2) is 6.84. The van der Waals surface area contributed by atoms with Gasteiger partial charge in [-0.3, -0.25) is 0 Å². The van der Waals surface area contributed by atoms with E-state index < -0.39 is 0 Å². The number of hydrogen-bond donors (Lipinski definition) is 1. The van der Waals surface area contributed by atoms with Gasteiger partial charge in [-0.25, -0.2) is 9.37 Å². The van der Waals surface area contributed by atoms with Gasteiger partial charge in [0.25, 0.3) is 0 Å². The Morgan fingerprint density at radius 2 is 2.12 bits per heavy atom. The molecule has 0 spiro atoms. The van der Waals surface area contributed by atoms with Gasteiger partial charge in [0.2, 0.25) is 0 Å². The van der Waals surface area contributed by atoms with Gasteiger partial charge in [-0.2, -0.15) is 0 Å². The fourth-order valence-corrected chi connectivity index (χ4v) is 3.46. The summed E-state index contributed by atoms with van der Waals surface area (Å²) < 4.78 is 21.5. The molecule has 0 saturated carbocycles. The molecule has 0 radical (unpaired) electrons. The Morgan fingerprint density at radius 1 is 1.20 bits per heavy atom. The Bertz CT molecular complexity index is 881. The molecule has 0 amide bonds. The summed E-state index contributed by atoms with van der Waals surface area (Å²) in [6.07, 6.45) is 5.53. The van der Waals surface area contributed by atoms with Crippen LogP contribution in [0.25, 0.3) is 11.3 Å². The number of furan rings is 1. The van der Waals surface area contributed by atoms with Gasteiger partial charge in [0.05, 0.1) is 12.2 Å². The lowest BCUT2D eigenvalue weighted by Crippen LogP contribution is -2.18. The van der Waals surface area contributed by atoms with Crippen molar-refractivity contribution in [3.63, 3.8) is 0 Å². The van der Waals surface area contributed by atoms with Crippen LogP contribution in [0.2, 0.25) is 0 Å². The van der Waals surface area contributed by atoms with E-state index in [1.54, 1.807) is 6.07 Å². The lowest BCUT2D eigenvalue weighted by molar-refractivity contribution is 0.474. The number of fused-ring (bicyclic) bond motifs is 1. The third-order valence-electron chi connectivity index (χ3n) is 4.77. The first-order chi connectivity index (χ1) is 12.2. The largest absolute Gasteiger partial charge is 0.460 e. The van der Waals surface area contributed by atoms with Crippen LogP contribution in [0.3, 0.4) is 0 Å². The molecule has 4 nitrogen and oxygen atoms in total. The predicted octanol–water partition coefficient (Wildman–Crippen LogP) is 4.22. The van der Waals surface area contributed by atoms with Crippen LogP contribution in [0.4, 0.5) is 4.39 Å². The molecule has 130 valence electrons. The Balaban J connectivity index is 1.39. The number of aromatic nitrogens is 2. The van der Waals surface area contributed by atoms with Crippen molar-refractivity contribution in [2.75, 3.05) is 0 Å². The maximum atomic E-state index is 13.2. The van der Waals surface area contributed by atoms with E-state index in [4.69, 9.17) is 4.42 Å². The minimum atomic E-state index is -0.223. The van der Waals surface area contributed by atoms with E-state index in [-0.39, 0.29) is 5.82 Å². The monoisotopic (exact) mass is 339 g/mol. The molecule has 1 aromatic carbocycles. The predicted molar refractivity (Wildman–Crippen MR) is 94.5 cm³/mol. The Hall–Kier alpha value is -2.40. The maximum Gasteiger partial charge on any atom is 0.134 e. The quantitative estimate of drug-likeness (QED) is 0.757. The van der Waals surface area contributed by atoms with Gasteiger partial charge < -0.3 is 14.3 Å². The zero-order chi connectivity index (χ0) is 17.2. The first-order valence-corrected chi connectivity index (χ1v) is 8.80. The van der Waals surface area contributed by atoms with Gasteiger partial charge in [-0.15, -0.1) is 0 Å². The smallest absolute Gasteiger partial charge is 0.134 e. The summed E-state index contributed by atoms with van der Waals surface area (Å²) in [4.78, 5) is 4.51. The van der Waals surface area contributed by atoms with Crippen LogP contribution in [0.15, 0.2) is 40.9 Å². The summed E-state index contributed by atoms with van der Waals surface area (Å²) in [6.45, 7) is 4.39. The highest BCUT2D eigenvalue weighted by Gasteiger charge is 2.14. The average Bonchev–Trinajstić information content (AvgIpc) is 3.23. The van der Waals surface area contributed by atoms with E-state index in [0.29, 0.717) is 6.54 Å². The number of halogens is 1. The second-order valence-electron chi connectivity index (χ2n) is 6.60. The summed E-state index contributed by atoms with van der Waals surface area (Å²) in [5.41, 5.74) is 3.04. The molecule has 1 N–H and O–H groups in total. The van der Waals surface area contributed by atoms with Crippen LogP contribution in [-0.4, -0.2) is 9.55 Å². The molecule has 0 saturated heterocycles. The van der Waals surface area contributed by atoms with Gasteiger partial charge >= 0.3 is 0 Å². The molecular formula is C20H22FN3O. The molecule has 0 fully saturated rings. The van der Waals surface area contributed by atoms with Crippen LogP contribution in [0.5, 0.6) is 0 Å². The van der Waals surface area contributed by atoms with E-state index in [9.17, 15) is 4.39 Å². The van der Waals surface area contributed by atoms with Crippen LogP contribution in [-0.2, 0) is 26.1 Å². The van der Waals surface area contributed by atoms with Gasteiger partial charge in [0.1, 0.15) is 23.2 Å². The average molecular weight is 339 g/mol. The fourth-order valence-electron chi connectivity index (χ4n) is 3.46. The lowest BCUT2D eigenvalue weighted by atomic mass is 10.1. The number of rotatable bonds is 5. The van der Waals surface area contributed by atoms with Crippen LogP contribution < -0.4 is 5.32 Å². The SMILES string of the molecule is Cc1cc(F)ccc1-c1ccc(CNCc2cnc3n2CCCC3)o1. The second-order valence-corrected chi connectivity index (χ2v) is 6.60. The number of nitrogens with one attached hydrogen (secondary N) is 1. The molecule has 0 aliphatic carbocycles. The number of hydrogen-bond acceptors (Lipinski definition) is 3. The summed E-state index contributed by atoms with van der Waals surface area (Å²) in [6, 6.07) is 8.66. The van der Waals surface area contributed by atoms with Crippen molar-refractivity contribution in [3.05, 3.63) is 65.2 Å². The number of imidazole rings is 1. The van der Waals surface area contributed by atoms with E-state index in [2.05, 4.69) is 14.9 Å². The van der Waals surface area contributed by atoms with E-state index in [1.165, 1.54) is 36.5 Å². The van der Waals surface area contributed by atoms with Gasteiger partial charge in [0, 0.05) is 31.3 Å². The Kier molecular flexibility index (Phi) is 4.40. The topological polar surface area (TPSA) is 43.0 Å². The number of nitrogens with zero attached hydrogens (tertiary/aromatic N) is 2. The maximum absolute atomic E-state index is 13.2. The third-order valence-corrected chi connectivity index (χ3v) is 4.77. The standard InChI is InChI=1S/C20H22FN3O/c1-14-10-15(21)5-7-18(14)19-8-6-17(25-19)13-22-11-16-12-23-20-4-2-3-9-24(16)20/h5-8,10,12,22H,2-4,9,11,13H2,1H3. The molecule has 5 heteroatoms. The first-order valence-electron chi connectivity index (χ1n) is 8.80. The molecule has 0 unspecified atom stereocenters. The molecule has 1 aliphatic rings. The molecule has 4 rings (SSSR count). The highest BCUT2D eigenvalue weighted by atomic mass is 19.1. The summed E-state index contributed by atoms with van der Waals surface area (Å²) >= 11 is 0. The highest BCUT2D eigenvalue weighted by Crippen LogP contribution is 2.26. The Labute approximate surface area is 146 Å². The zero-order valence-corrected chi connectivity index (χ0v) is 14.4. The minimum absolute atomic E-state index is 0.223.